The molecule has 1 aromatic rings. The van der Waals surface area contributed by atoms with E-state index in [1.54, 1.807) is 30.9 Å². The Bertz CT molecular complexity index is 829. The molecule has 1 saturated heterocycles. The molecule has 0 radical (unpaired) electrons. The predicted molar refractivity (Wildman–Crippen MR) is 103 cm³/mol. The number of hydrogen-bond acceptors (Lipinski definition) is 4. The van der Waals surface area contributed by atoms with Crippen molar-refractivity contribution >= 4 is 27.5 Å². The molecule has 0 aliphatic carbocycles. The van der Waals surface area contributed by atoms with Gasteiger partial charge in [0.15, 0.2) is 0 Å². The summed E-state index contributed by atoms with van der Waals surface area (Å²) < 4.78 is 27.2. The summed E-state index contributed by atoms with van der Waals surface area (Å²) in [7, 11) is -3.55. The average Bonchev–Trinajstić information content (AvgIpc) is 3.27. The number of fused-ring (bicyclic) bond motifs is 1. The molecule has 0 spiro atoms. The molecule has 27 heavy (non-hydrogen) atoms. The van der Waals surface area contributed by atoms with Crippen molar-refractivity contribution in [1.29, 1.82) is 0 Å². The highest BCUT2D eigenvalue weighted by atomic mass is 32.2. The Morgan fingerprint density at radius 3 is 2.41 bits per heavy atom. The zero-order chi connectivity index (χ0) is 19.6. The van der Waals surface area contributed by atoms with Gasteiger partial charge in [-0.05, 0) is 56.9 Å². The lowest BCUT2D eigenvalue weighted by molar-refractivity contribution is -0.132. The van der Waals surface area contributed by atoms with Crippen molar-refractivity contribution in [2.45, 2.75) is 56.9 Å². The predicted octanol–water partition coefficient (Wildman–Crippen LogP) is 1.67. The van der Waals surface area contributed by atoms with Crippen LogP contribution in [0.5, 0.6) is 0 Å². The quantitative estimate of drug-likeness (QED) is 0.796. The highest BCUT2D eigenvalue weighted by molar-refractivity contribution is 7.89. The number of carbonyl (C=O) groups is 2. The summed E-state index contributed by atoms with van der Waals surface area (Å²) in [4.78, 5) is 28.4. The third-order valence-electron chi connectivity index (χ3n) is 4.96. The van der Waals surface area contributed by atoms with Gasteiger partial charge >= 0.3 is 0 Å². The molecule has 1 N–H and O–H groups in total. The minimum Gasteiger partial charge on any atom is -0.343 e. The van der Waals surface area contributed by atoms with Gasteiger partial charge in [-0.3, -0.25) is 9.59 Å². The Labute approximate surface area is 160 Å². The first kappa shape index (κ1) is 19.8. The smallest absolute Gasteiger partial charge is 0.240 e. The van der Waals surface area contributed by atoms with Gasteiger partial charge in [-0.15, -0.1) is 0 Å². The van der Waals surface area contributed by atoms with Gasteiger partial charge in [-0.1, -0.05) is 0 Å². The molecule has 1 aromatic carbocycles. The van der Waals surface area contributed by atoms with Crippen LogP contribution in [0.1, 0.15) is 45.1 Å². The fourth-order valence-corrected chi connectivity index (χ4v) is 4.96. The van der Waals surface area contributed by atoms with Crippen LogP contribution < -0.4 is 9.62 Å². The van der Waals surface area contributed by atoms with Gasteiger partial charge in [0.1, 0.15) is 0 Å². The van der Waals surface area contributed by atoms with E-state index in [1.165, 1.54) is 6.07 Å². The number of anilines is 1. The summed E-state index contributed by atoms with van der Waals surface area (Å²) in [6.07, 6.45) is 3.11. The monoisotopic (exact) mass is 393 g/mol. The van der Waals surface area contributed by atoms with E-state index < -0.39 is 10.0 Å². The second kappa shape index (κ2) is 7.98. The highest BCUT2D eigenvalue weighted by Crippen LogP contribution is 2.31. The lowest BCUT2D eigenvalue weighted by Gasteiger charge is -2.19. The number of sulfonamides is 1. The lowest BCUT2D eigenvalue weighted by Crippen LogP contribution is -2.32. The molecular weight excluding hydrogens is 366 g/mol. The van der Waals surface area contributed by atoms with Crippen LogP contribution in [0.15, 0.2) is 23.1 Å². The molecule has 2 heterocycles. The van der Waals surface area contributed by atoms with Crippen LogP contribution in [-0.2, 0) is 26.0 Å². The van der Waals surface area contributed by atoms with Gasteiger partial charge in [0.25, 0.3) is 0 Å². The van der Waals surface area contributed by atoms with E-state index in [9.17, 15) is 18.0 Å². The van der Waals surface area contributed by atoms with Crippen LogP contribution >= 0.6 is 0 Å². The van der Waals surface area contributed by atoms with Crippen LogP contribution in [0.2, 0.25) is 0 Å². The van der Waals surface area contributed by atoms with Gasteiger partial charge in [0.2, 0.25) is 21.8 Å². The molecule has 8 heteroatoms. The number of carbonyl (C=O) groups excluding carboxylic acids is 2. The molecule has 0 atom stereocenters. The van der Waals surface area contributed by atoms with Crippen LogP contribution in [-0.4, -0.2) is 50.8 Å². The number of hydrogen-bond donors (Lipinski definition) is 1. The van der Waals surface area contributed by atoms with Crippen molar-refractivity contribution < 1.29 is 18.0 Å². The van der Waals surface area contributed by atoms with Gasteiger partial charge in [-0.25, -0.2) is 13.1 Å². The molecule has 2 amide bonds. The maximum absolute atomic E-state index is 12.6. The van der Waals surface area contributed by atoms with Gasteiger partial charge < -0.3 is 9.80 Å². The zero-order valence-electron chi connectivity index (χ0n) is 15.9. The zero-order valence-corrected chi connectivity index (χ0v) is 16.7. The van der Waals surface area contributed by atoms with Crippen molar-refractivity contribution in [3.63, 3.8) is 0 Å². The first-order valence-corrected chi connectivity index (χ1v) is 11.0. The number of amides is 2. The van der Waals surface area contributed by atoms with Crippen molar-refractivity contribution in [3.8, 4) is 0 Å². The Morgan fingerprint density at radius 1 is 1.07 bits per heavy atom. The van der Waals surface area contributed by atoms with Crippen molar-refractivity contribution in [2.24, 2.45) is 0 Å². The molecule has 148 valence electrons. The van der Waals surface area contributed by atoms with Gasteiger partial charge in [-0.2, -0.15) is 0 Å². The Balaban J connectivity index is 1.66. The van der Waals surface area contributed by atoms with Crippen molar-refractivity contribution in [2.75, 3.05) is 24.5 Å². The molecular formula is C19H27N3O4S. The minimum atomic E-state index is -3.55. The standard InChI is InChI=1S/C19H27N3O4S/c1-14(2)20-27(25,26)16-5-6-17-15(13-16)9-12-22(17)19(24)8-7-18(23)21-10-3-4-11-21/h5-6,13-14,20H,3-4,7-12H2,1-2H3. The highest BCUT2D eigenvalue weighted by Gasteiger charge is 2.27. The Kier molecular flexibility index (Phi) is 5.86. The maximum atomic E-state index is 12.6. The summed E-state index contributed by atoms with van der Waals surface area (Å²) in [5, 5.41) is 0. The summed E-state index contributed by atoms with van der Waals surface area (Å²) in [6, 6.07) is 4.68. The fourth-order valence-electron chi connectivity index (χ4n) is 3.66. The molecule has 3 rings (SSSR count). The van der Waals surface area contributed by atoms with E-state index in [0.29, 0.717) is 13.0 Å². The fraction of sp³-hybridized carbons (Fsp3) is 0.579. The molecule has 0 saturated carbocycles. The van der Waals surface area contributed by atoms with Crippen molar-refractivity contribution in [3.05, 3.63) is 23.8 Å². The largest absolute Gasteiger partial charge is 0.343 e. The second-order valence-corrected chi connectivity index (χ2v) is 9.16. The number of benzene rings is 1. The first-order valence-electron chi connectivity index (χ1n) is 9.51. The van der Waals surface area contributed by atoms with Crippen molar-refractivity contribution in [1.82, 2.24) is 9.62 Å². The van der Waals surface area contributed by atoms with Gasteiger partial charge in [0.05, 0.1) is 4.90 Å². The average molecular weight is 394 g/mol. The lowest BCUT2D eigenvalue weighted by atomic mass is 10.2. The Hall–Kier alpha value is -1.93. The number of likely N-dealkylation sites (tertiary alicyclic amines) is 1. The molecule has 7 nitrogen and oxygen atoms in total. The third-order valence-corrected chi connectivity index (χ3v) is 6.62. The molecule has 0 bridgehead atoms. The molecule has 1 fully saturated rings. The molecule has 2 aliphatic rings. The van der Waals surface area contributed by atoms with Crippen LogP contribution in [0, 0.1) is 0 Å². The normalized spacial score (nSPS) is 16.9. The number of rotatable bonds is 6. The van der Waals surface area contributed by atoms with Crippen LogP contribution in [0.4, 0.5) is 5.69 Å². The minimum absolute atomic E-state index is 0.0430. The first-order chi connectivity index (χ1) is 12.8. The summed E-state index contributed by atoms with van der Waals surface area (Å²) >= 11 is 0. The van der Waals surface area contributed by atoms with E-state index in [2.05, 4.69) is 4.72 Å². The van der Waals surface area contributed by atoms with Gasteiger partial charge in [0, 0.05) is 44.2 Å². The summed E-state index contributed by atoms with van der Waals surface area (Å²) in [6.45, 7) is 5.65. The molecule has 2 aliphatic heterocycles. The van der Waals surface area contributed by atoms with E-state index in [-0.39, 0.29) is 35.6 Å². The molecule has 0 aromatic heterocycles. The Morgan fingerprint density at radius 2 is 1.74 bits per heavy atom. The second-order valence-electron chi connectivity index (χ2n) is 7.45. The SMILES string of the molecule is CC(C)NS(=O)(=O)c1ccc2c(c1)CCN2C(=O)CCC(=O)N1CCCC1. The van der Waals surface area contributed by atoms with E-state index in [0.717, 1.165) is 37.2 Å². The topological polar surface area (TPSA) is 86.8 Å². The van der Waals surface area contributed by atoms with E-state index >= 15 is 0 Å². The molecule has 0 unspecified atom stereocenters. The van der Waals surface area contributed by atoms with Crippen LogP contribution in [0.25, 0.3) is 0 Å². The summed E-state index contributed by atoms with van der Waals surface area (Å²) in [5.74, 6) is -0.0429. The maximum Gasteiger partial charge on any atom is 0.240 e. The van der Waals surface area contributed by atoms with E-state index in [1.807, 2.05) is 4.90 Å². The summed E-state index contributed by atoms with van der Waals surface area (Å²) in [5.41, 5.74) is 1.60. The number of nitrogens with zero attached hydrogens (tertiary/aromatic N) is 2. The third kappa shape index (κ3) is 4.50. The van der Waals surface area contributed by atoms with Crippen LogP contribution in [0.3, 0.4) is 0 Å². The van der Waals surface area contributed by atoms with E-state index in [4.69, 9.17) is 0 Å². The number of nitrogens with one attached hydrogen (secondary N) is 1.